The van der Waals surface area contributed by atoms with Crippen LogP contribution in [0, 0.1) is 6.92 Å². The van der Waals surface area contributed by atoms with Gasteiger partial charge in [-0.3, -0.25) is 4.79 Å². The van der Waals surface area contributed by atoms with Gasteiger partial charge in [0.1, 0.15) is 18.6 Å². The van der Waals surface area contributed by atoms with Crippen molar-refractivity contribution in [3.05, 3.63) is 41.0 Å². The van der Waals surface area contributed by atoms with E-state index in [0.717, 1.165) is 17.6 Å². The van der Waals surface area contributed by atoms with E-state index in [1.54, 1.807) is 6.07 Å². The molecule has 0 aliphatic carbocycles. The highest BCUT2D eigenvalue weighted by molar-refractivity contribution is 5.77. The summed E-state index contributed by atoms with van der Waals surface area (Å²) in [6, 6.07) is 5.47. The Balaban J connectivity index is 2.67. The number of allylic oxidation sites excluding steroid dienone is 1. The van der Waals surface area contributed by atoms with Gasteiger partial charge in [-0.25, -0.2) is 0 Å². The van der Waals surface area contributed by atoms with Crippen molar-refractivity contribution in [2.75, 3.05) is 6.61 Å². The minimum atomic E-state index is 0.572. The van der Waals surface area contributed by atoms with Gasteiger partial charge in [0, 0.05) is 5.56 Å². The molecule has 2 heteroatoms. The van der Waals surface area contributed by atoms with Crippen LogP contribution in [0.4, 0.5) is 0 Å². The monoisotopic (exact) mass is 204 g/mol. The van der Waals surface area contributed by atoms with Crippen molar-refractivity contribution < 1.29 is 9.53 Å². The summed E-state index contributed by atoms with van der Waals surface area (Å²) in [4.78, 5) is 10.6. The third kappa shape index (κ3) is 3.58. The standard InChI is InChI=1S/C13H16O2/c1-10(2)6-7-15-13-5-4-12(9-14)11(3)8-13/h4-6,8-9H,7H2,1-3H3. The fraction of sp³-hybridized carbons (Fsp3) is 0.308. The van der Waals surface area contributed by atoms with Gasteiger partial charge in [0.05, 0.1) is 0 Å². The third-order valence-corrected chi connectivity index (χ3v) is 2.11. The second-order valence-corrected chi connectivity index (χ2v) is 3.73. The maximum absolute atomic E-state index is 10.6. The normalized spacial score (nSPS) is 9.53. The highest BCUT2D eigenvalue weighted by atomic mass is 16.5. The first-order valence-corrected chi connectivity index (χ1v) is 4.95. The summed E-state index contributed by atoms with van der Waals surface area (Å²) in [7, 11) is 0. The molecule has 15 heavy (non-hydrogen) atoms. The number of carbonyl (C=O) groups excluding carboxylic acids is 1. The molecule has 1 aromatic carbocycles. The van der Waals surface area contributed by atoms with E-state index in [4.69, 9.17) is 4.74 Å². The second kappa shape index (κ2) is 5.35. The van der Waals surface area contributed by atoms with Crippen molar-refractivity contribution >= 4 is 6.29 Å². The Hall–Kier alpha value is -1.57. The second-order valence-electron chi connectivity index (χ2n) is 3.73. The van der Waals surface area contributed by atoms with Gasteiger partial charge in [-0.1, -0.05) is 5.57 Å². The van der Waals surface area contributed by atoms with Gasteiger partial charge in [-0.15, -0.1) is 0 Å². The molecule has 0 amide bonds. The van der Waals surface area contributed by atoms with E-state index in [1.165, 1.54) is 5.57 Å². The zero-order valence-electron chi connectivity index (χ0n) is 9.41. The molecule has 0 unspecified atom stereocenters. The Kier molecular flexibility index (Phi) is 4.10. The number of aryl methyl sites for hydroxylation is 1. The number of benzene rings is 1. The Bertz CT molecular complexity index is 374. The number of hydrogen-bond acceptors (Lipinski definition) is 2. The predicted molar refractivity (Wildman–Crippen MR) is 61.5 cm³/mol. The van der Waals surface area contributed by atoms with Gasteiger partial charge in [-0.2, -0.15) is 0 Å². The lowest BCUT2D eigenvalue weighted by Crippen LogP contribution is -1.95. The molecule has 0 aromatic heterocycles. The first-order valence-electron chi connectivity index (χ1n) is 4.95. The number of carbonyl (C=O) groups is 1. The molecule has 0 atom stereocenters. The van der Waals surface area contributed by atoms with Gasteiger partial charge < -0.3 is 4.74 Å². The van der Waals surface area contributed by atoms with Gasteiger partial charge in [0.25, 0.3) is 0 Å². The lowest BCUT2D eigenvalue weighted by Gasteiger charge is -2.05. The van der Waals surface area contributed by atoms with Gasteiger partial charge in [0.2, 0.25) is 0 Å². The molecular weight excluding hydrogens is 188 g/mol. The van der Waals surface area contributed by atoms with Crippen LogP contribution in [-0.2, 0) is 0 Å². The molecule has 0 aliphatic heterocycles. The summed E-state index contributed by atoms with van der Waals surface area (Å²) in [6.07, 6.45) is 2.87. The summed E-state index contributed by atoms with van der Waals surface area (Å²) in [5.41, 5.74) is 2.89. The summed E-state index contributed by atoms with van der Waals surface area (Å²) in [6.45, 7) is 6.54. The largest absolute Gasteiger partial charge is 0.490 e. The van der Waals surface area contributed by atoms with Crippen LogP contribution < -0.4 is 4.74 Å². The summed E-state index contributed by atoms with van der Waals surface area (Å²) >= 11 is 0. The fourth-order valence-electron chi connectivity index (χ4n) is 1.17. The van der Waals surface area contributed by atoms with Crippen molar-refractivity contribution in [2.24, 2.45) is 0 Å². The van der Waals surface area contributed by atoms with Crippen LogP contribution >= 0.6 is 0 Å². The van der Waals surface area contributed by atoms with E-state index >= 15 is 0 Å². The van der Waals surface area contributed by atoms with E-state index in [9.17, 15) is 4.79 Å². The van der Waals surface area contributed by atoms with Crippen molar-refractivity contribution in [3.63, 3.8) is 0 Å². The smallest absolute Gasteiger partial charge is 0.150 e. The molecule has 0 spiro atoms. The predicted octanol–water partition coefficient (Wildman–Crippen LogP) is 3.15. The number of hydrogen-bond donors (Lipinski definition) is 0. The van der Waals surface area contributed by atoms with E-state index in [2.05, 4.69) is 0 Å². The maximum Gasteiger partial charge on any atom is 0.150 e. The van der Waals surface area contributed by atoms with Crippen LogP contribution in [-0.4, -0.2) is 12.9 Å². The highest BCUT2D eigenvalue weighted by Gasteiger charge is 1.98. The van der Waals surface area contributed by atoms with Crippen LogP contribution in [0.25, 0.3) is 0 Å². The molecule has 0 bridgehead atoms. The van der Waals surface area contributed by atoms with Crippen LogP contribution in [0.3, 0.4) is 0 Å². The lowest BCUT2D eigenvalue weighted by molar-refractivity contribution is 0.112. The van der Waals surface area contributed by atoms with E-state index in [-0.39, 0.29) is 0 Å². The zero-order valence-corrected chi connectivity index (χ0v) is 9.41. The Labute approximate surface area is 90.6 Å². The fourth-order valence-corrected chi connectivity index (χ4v) is 1.17. The SMILES string of the molecule is CC(C)=CCOc1ccc(C=O)c(C)c1. The molecule has 2 nitrogen and oxygen atoms in total. The van der Waals surface area contributed by atoms with E-state index < -0.39 is 0 Å². The van der Waals surface area contributed by atoms with Gasteiger partial charge in [0.15, 0.2) is 0 Å². The molecule has 0 N–H and O–H groups in total. The van der Waals surface area contributed by atoms with E-state index in [1.807, 2.05) is 39.0 Å². The van der Waals surface area contributed by atoms with E-state index in [0.29, 0.717) is 12.2 Å². The number of rotatable bonds is 4. The molecule has 0 fully saturated rings. The third-order valence-electron chi connectivity index (χ3n) is 2.11. The first-order chi connectivity index (χ1) is 7.13. The summed E-state index contributed by atoms with van der Waals surface area (Å²) in [5, 5.41) is 0. The van der Waals surface area contributed by atoms with Gasteiger partial charge in [-0.05, 0) is 50.6 Å². The number of ether oxygens (including phenoxy) is 1. The number of aldehydes is 1. The lowest BCUT2D eigenvalue weighted by atomic mass is 10.1. The Morgan fingerprint density at radius 3 is 2.67 bits per heavy atom. The minimum absolute atomic E-state index is 0.572. The molecule has 0 aliphatic rings. The molecule has 0 saturated heterocycles. The molecule has 1 rings (SSSR count). The topological polar surface area (TPSA) is 26.3 Å². The summed E-state index contributed by atoms with van der Waals surface area (Å²) in [5.74, 6) is 0.801. The van der Waals surface area contributed by atoms with Crippen LogP contribution in [0.1, 0.15) is 29.8 Å². The van der Waals surface area contributed by atoms with Crippen LogP contribution in [0.5, 0.6) is 5.75 Å². The molecule has 0 saturated carbocycles. The highest BCUT2D eigenvalue weighted by Crippen LogP contribution is 2.15. The zero-order chi connectivity index (χ0) is 11.3. The molecule has 80 valence electrons. The molecule has 1 aromatic rings. The quantitative estimate of drug-likeness (QED) is 0.556. The maximum atomic E-state index is 10.6. The average Bonchev–Trinajstić information content (AvgIpc) is 2.17. The summed E-state index contributed by atoms with van der Waals surface area (Å²) < 4.78 is 5.50. The molecular formula is C13H16O2. The minimum Gasteiger partial charge on any atom is -0.490 e. The first kappa shape index (κ1) is 11.5. The van der Waals surface area contributed by atoms with Crippen LogP contribution in [0.15, 0.2) is 29.8 Å². The van der Waals surface area contributed by atoms with Gasteiger partial charge >= 0.3 is 0 Å². The van der Waals surface area contributed by atoms with Crippen LogP contribution in [0.2, 0.25) is 0 Å². The Morgan fingerprint density at radius 2 is 2.13 bits per heavy atom. The molecule has 0 heterocycles. The molecule has 0 radical (unpaired) electrons. The Morgan fingerprint density at radius 1 is 1.40 bits per heavy atom. The van der Waals surface area contributed by atoms with Crippen molar-refractivity contribution in [2.45, 2.75) is 20.8 Å². The average molecular weight is 204 g/mol. The van der Waals surface area contributed by atoms with Crippen molar-refractivity contribution in [3.8, 4) is 5.75 Å². The van der Waals surface area contributed by atoms with Crippen molar-refractivity contribution in [1.82, 2.24) is 0 Å². The van der Waals surface area contributed by atoms with Crippen molar-refractivity contribution in [1.29, 1.82) is 0 Å².